The van der Waals surface area contributed by atoms with Gasteiger partial charge in [-0.2, -0.15) is 18.3 Å². The maximum Gasteiger partial charge on any atom is 0.419 e. The molecule has 2 aromatic carbocycles. The third kappa shape index (κ3) is 6.92. The monoisotopic (exact) mass is 627 g/mol. The molecule has 43 heavy (non-hydrogen) atoms. The number of nitrogens with one attached hydrogen (secondary N) is 2. The molecule has 4 aromatic rings. The van der Waals surface area contributed by atoms with Crippen LogP contribution in [0.2, 0.25) is 0 Å². The predicted molar refractivity (Wildman–Crippen MR) is 145 cm³/mol. The van der Waals surface area contributed by atoms with Gasteiger partial charge in [-0.15, -0.1) is 0 Å². The second-order valence-corrected chi connectivity index (χ2v) is 11.6. The predicted octanol–water partition coefficient (Wildman–Crippen LogP) is 5.05. The van der Waals surface area contributed by atoms with E-state index >= 15 is 0 Å². The lowest BCUT2D eigenvalue weighted by Gasteiger charge is -2.23. The van der Waals surface area contributed by atoms with Crippen molar-refractivity contribution in [3.63, 3.8) is 0 Å². The molecule has 0 fully saturated rings. The van der Waals surface area contributed by atoms with E-state index in [-0.39, 0.29) is 39.7 Å². The number of sulfonamides is 1. The molecule has 1 amide bonds. The number of ether oxygens (including phenoxy) is 1. The second-order valence-electron chi connectivity index (χ2n) is 9.93. The summed E-state index contributed by atoms with van der Waals surface area (Å²) in [6, 6.07) is 8.93. The minimum absolute atomic E-state index is 0.0182. The number of aliphatic hydroxyl groups is 1. The van der Waals surface area contributed by atoms with Crippen LogP contribution in [-0.2, 0) is 16.2 Å². The van der Waals surface area contributed by atoms with E-state index in [0.29, 0.717) is 0 Å². The van der Waals surface area contributed by atoms with E-state index in [4.69, 9.17) is 4.74 Å². The molecule has 0 spiro atoms. The van der Waals surface area contributed by atoms with Crippen LogP contribution in [0.3, 0.4) is 0 Å². The fourth-order valence-corrected chi connectivity index (χ4v) is 5.48. The number of anilines is 1. The largest absolute Gasteiger partial charge is 0.493 e. The Balaban J connectivity index is 1.74. The molecular formula is C27H26F5N5O5S. The lowest BCUT2D eigenvalue weighted by molar-refractivity contribution is -0.138. The summed E-state index contributed by atoms with van der Waals surface area (Å²) in [6.45, 7) is 3.86. The topological polar surface area (TPSA) is 135 Å². The number of rotatable bonds is 10. The van der Waals surface area contributed by atoms with Gasteiger partial charge in [0.1, 0.15) is 17.0 Å². The van der Waals surface area contributed by atoms with Gasteiger partial charge < -0.3 is 15.2 Å². The Labute approximate surface area is 242 Å². The highest BCUT2D eigenvalue weighted by Gasteiger charge is 2.35. The number of hydrogen-bond acceptors (Lipinski definition) is 7. The SMILES string of the molecule is CCOc1cc(-c2cc(C(F)F)n3ncc(C(=O)Nc4cccc(S(=O)(=O)NC(C)(C)CO)c4)c3n2)ccc1C(F)(F)F. The Morgan fingerprint density at radius 1 is 1.12 bits per heavy atom. The molecule has 2 heterocycles. The number of alkyl halides is 5. The van der Waals surface area contributed by atoms with E-state index in [1.807, 2.05) is 0 Å². The second kappa shape index (κ2) is 11.9. The van der Waals surface area contributed by atoms with Gasteiger partial charge in [0.05, 0.1) is 41.1 Å². The summed E-state index contributed by atoms with van der Waals surface area (Å²) in [5.41, 5.74) is -3.62. The Hall–Kier alpha value is -4.15. The van der Waals surface area contributed by atoms with Crippen LogP contribution in [0, 0.1) is 0 Å². The van der Waals surface area contributed by atoms with Gasteiger partial charge in [0.15, 0.2) is 5.65 Å². The van der Waals surface area contributed by atoms with E-state index in [1.54, 1.807) is 0 Å². The molecule has 0 saturated carbocycles. The number of aromatic nitrogens is 3. The van der Waals surface area contributed by atoms with Crippen LogP contribution < -0.4 is 14.8 Å². The Kier molecular flexibility index (Phi) is 8.76. The summed E-state index contributed by atoms with van der Waals surface area (Å²) in [4.78, 5) is 17.2. The highest BCUT2D eigenvalue weighted by atomic mass is 32.2. The Morgan fingerprint density at radius 2 is 1.84 bits per heavy atom. The van der Waals surface area contributed by atoms with Gasteiger partial charge in [0.2, 0.25) is 10.0 Å². The minimum atomic E-state index is -4.73. The molecule has 3 N–H and O–H groups in total. The third-order valence-electron chi connectivity index (χ3n) is 6.06. The van der Waals surface area contributed by atoms with Crippen LogP contribution >= 0.6 is 0 Å². The zero-order valence-corrected chi connectivity index (χ0v) is 23.7. The molecule has 0 aliphatic heterocycles. The van der Waals surface area contributed by atoms with Gasteiger partial charge in [-0.05, 0) is 57.2 Å². The molecule has 0 radical (unpaired) electrons. The van der Waals surface area contributed by atoms with E-state index in [9.17, 15) is 40.3 Å². The fraction of sp³-hybridized carbons (Fsp3) is 0.296. The first-order valence-electron chi connectivity index (χ1n) is 12.6. The number of carbonyl (C=O) groups excluding carboxylic acids is 1. The van der Waals surface area contributed by atoms with Crippen molar-refractivity contribution < 1.29 is 45.0 Å². The highest BCUT2D eigenvalue weighted by Crippen LogP contribution is 2.39. The van der Waals surface area contributed by atoms with Gasteiger partial charge in [-0.3, -0.25) is 4.79 Å². The molecule has 0 saturated heterocycles. The molecule has 0 bridgehead atoms. The molecule has 0 aliphatic carbocycles. The van der Waals surface area contributed by atoms with Crippen molar-refractivity contribution in [1.82, 2.24) is 19.3 Å². The fourth-order valence-electron chi connectivity index (χ4n) is 4.03. The van der Waals surface area contributed by atoms with Gasteiger partial charge in [0, 0.05) is 11.3 Å². The third-order valence-corrected chi connectivity index (χ3v) is 7.75. The summed E-state index contributed by atoms with van der Waals surface area (Å²) >= 11 is 0. The molecule has 10 nitrogen and oxygen atoms in total. The van der Waals surface area contributed by atoms with Crippen LogP contribution in [0.15, 0.2) is 59.6 Å². The van der Waals surface area contributed by atoms with Crippen molar-refractivity contribution in [2.45, 2.75) is 43.8 Å². The number of carbonyl (C=O) groups is 1. The highest BCUT2D eigenvalue weighted by molar-refractivity contribution is 7.89. The molecular weight excluding hydrogens is 601 g/mol. The van der Waals surface area contributed by atoms with E-state index in [1.165, 1.54) is 39.0 Å². The number of amides is 1. The summed E-state index contributed by atoms with van der Waals surface area (Å²) in [6.07, 6.45) is -6.84. The standard InChI is InChI=1S/C27H26F5N5O5S/c1-4-42-22-10-15(8-9-19(22)27(30,31)32)20-12-21(23(28)29)37-24(35-20)18(13-33-37)25(39)34-16-6-5-7-17(11-16)43(40,41)36-26(2,3)14-38/h5-13,23,36,38H,4,14H2,1-3H3,(H,34,39). The Bertz CT molecular complexity index is 1770. The summed E-state index contributed by atoms with van der Waals surface area (Å²) in [7, 11) is -4.10. The van der Waals surface area contributed by atoms with Crippen molar-refractivity contribution in [2.75, 3.05) is 18.5 Å². The summed E-state index contributed by atoms with van der Waals surface area (Å²) < 4.78 is 102. The van der Waals surface area contributed by atoms with Crippen molar-refractivity contribution in [3.05, 3.63) is 71.5 Å². The molecule has 0 aliphatic rings. The zero-order chi connectivity index (χ0) is 31.7. The van der Waals surface area contributed by atoms with Crippen molar-refractivity contribution in [1.29, 1.82) is 0 Å². The van der Waals surface area contributed by atoms with Crippen LogP contribution in [0.1, 0.15) is 48.8 Å². The summed E-state index contributed by atoms with van der Waals surface area (Å²) in [5.74, 6) is -1.40. The average molecular weight is 628 g/mol. The normalized spacial score (nSPS) is 12.6. The lowest BCUT2D eigenvalue weighted by atomic mass is 10.1. The van der Waals surface area contributed by atoms with Crippen molar-refractivity contribution in [3.8, 4) is 17.0 Å². The van der Waals surface area contributed by atoms with Gasteiger partial charge in [0.25, 0.3) is 12.3 Å². The van der Waals surface area contributed by atoms with Crippen molar-refractivity contribution in [2.24, 2.45) is 0 Å². The molecule has 230 valence electrons. The smallest absolute Gasteiger partial charge is 0.419 e. The van der Waals surface area contributed by atoms with Crippen LogP contribution in [-0.4, -0.2) is 52.8 Å². The lowest BCUT2D eigenvalue weighted by Crippen LogP contribution is -2.46. The minimum Gasteiger partial charge on any atom is -0.493 e. The average Bonchev–Trinajstić information content (AvgIpc) is 3.36. The molecule has 4 rings (SSSR count). The maximum absolute atomic E-state index is 14.0. The van der Waals surface area contributed by atoms with Gasteiger partial charge in [-0.1, -0.05) is 12.1 Å². The first kappa shape index (κ1) is 31.8. The number of hydrogen-bond donors (Lipinski definition) is 3. The number of benzene rings is 2. The quantitative estimate of drug-likeness (QED) is 0.210. The first-order chi connectivity index (χ1) is 20.1. The molecule has 2 aromatic heterocycles. The van der Waals surface area contributed by atoms with Crippen LogP contribution in [0.25, 0.3) is 16.9 Å². The van der Waals surface area contributed by atoms with Crippen LogP contribution in [0.4, 0.5) is 27.6 Å². The molecule has 0 atom stereocenters. The van der Waals surface area contributed by atoms with Crippen LogP contribution in [0.5, 0.6) is 5.75 Å². The van der Waals surface area contributed by atoms with Gasteiger partial charge in [-0.25, -0.2) is 31.4 Å². The number of aliphatic hydroxyl groups excluding tert-OH is 1. The number of nitrogens with zero attached hydrogens (tertiary/aromatic N) is 3. The maximum atomic E-state index is 14.0. The number of halogens is 5. The first-order valence-corrected chi connectivity index (χ1v) is 14.1. The van der Waals surface area contributed by atoms with Crippen molar-refractivity contribution >= 4 is 27.3 Å². The van der Waals surface area contributed by atoms with E-state index < -0.39 is 57.7 Å². The Morgan fingerprint density at radius 3 is 2.47 bits per heavy atom. The molecule has 16 heteroatoms. The zero-order valence-electron chi connectivity index (χ0n) is 22.9. The van der Waals surface area contributed by atoms with E-state index in [0.717, 1.165) is 41.0 Å². The van der Waals surface area contributed by atoms with Gasteiger partial charge >= 0.3 is 6.18 Å². The summed E-state index contributed by atoms with van der Waals surface area (Å²) in [5, 5.41) is 15.7. The number of fused-ring (bicyclic) bond motifs is 1. The molecule has 0 unspecified atom stereocenters. The van der Waals surface area contributed by atoms with E-state index in [2.05, 4.69) is 20.1 Å².